The number of fused-ring (bicyclic) bond motifs is 1. The Morgan fingerprint density at radius 2 is 2.07 bits per heavy atom. The minimum absolute atomic E-state index is 0.0420. The van der Waals surface area contributed by atoms with Crippen molar-refractivity contribution >= 4 is 15.7 Å². The van der Waals surface area contributed by atoms with Gasteiger partial charge in [0.2, 0.25) is 0 Å². The molecule has 1 N–H and O–H groups in total. The molecule has 1 atom stereocenters. The lowest BCUT2D eigenvalue weighted by Crippen LogP contribution is -2.45. The molecule has 1 fully saturated rings. The molecule has 2 aromatic rings. The number of anilines is 1. The fourth-order valence-electron chi connectivity index (χ4n) is 4.18. The first-order valence-electron chi connectivity index (χ1n) is 10.5. The van der Waals surface area contributed by atoms with E-state index < -0.39 is 9.84 Å². The molecule has 0 amide bonds. The number of rotatable bonds is 6. The van der Waals surface area contributed by atoms with Gasteiger partial charge in [0, 0.05) is 31.6 Å². The summed E-state index contributed by atoms with van der Waals surface area (Å²) in [6.45, 7) is 4.90. The highest BCUT2D eigenvalue weighted by atomic mass is 32.2. The Kier molecular flexibility index (Phi) is 6.14. The van der Waals surface area contributed by atoms with Gasteiger partial charge in [-0.25, -0.2) is 13.1 Å². The molecular formula is C20H28N6O3S. The number of hydrogen-bond acceptors (Lipinski definition) is 8. The lowest BCUT2D eigenvalue weighted by Gasteiger charge is -2.35. The minimum atomic E-state index is -3.04. The Bertz CT molecular complexity index is 1070. The van der Waals surface area contributed by atoms with Crippen LogP contribution in [0, 0.1) is 6.92 Å². The summed E-state index contributed by atoms with van der Waals surface area (Å²) in [6.07, 6.45) is 3.81. The van der Waals surface area contributed by atoms with Crippen LogP contribution in [0.3, 0.4) is 0 Å². The number of aromatic nitrogens is 4. The van der Waals surface area contributed by atoms with Crippen LogP contribution in [0.5, 0.6) is 0 Å². The lowest BCUT2D eigenvalue weighted by atomic mass is 10.0. The Morgan fingerprint density at radius 3 is 2.93 bits per heavy atom. The molecule has 10 heteroatoms. The van der Waals surface area contributed by atoms with E-state index in [1.807, 2.05) is 13.0 Å². The number of sulfone groups is 1. The van der Waals surface area contributed by atoms with E-state index in [0.29, 0.717) is 31.4 Å². The molecule has 162 valence electrons. The Labute approximate surface area is 176 Å². The SMILES string of the molecule is Cc1ccc(=O)n(CCN2CCCCC2CNc2cc3c(nn2)CCS(=O)(=O)C3)n1. The Hall–Kier alpha value is -2.33. The first-order valence-corrected chi connectivity index (χ1v) is 12.3. The van der Waals surface area contributed by atoms with Crippen LogP contribution in [0.1, 0.15) is 36.2 Å². The van der Waals surface area contributed by atoms with Gasteiger partial charge in [-0.2, -0.15) is 10.2 Å². The first-order chi connectivity index (χ1) is 14.4. The number of aryl methyl sites for hydroxylation is 2. The average Bonchev–Trinajstić information content (AvgIpc) is 2.72. The van der Waals surface area contributed by atoms with Gasteiger partial charge >= 0.3 is 0 Å². The largest absolute Gasteiger partial charge is 0.367 e. The maximum atomic E-state index is 12.0. The van der Waals surface area contributed by atoms with Crippen LogP contribution in [0.15, 0.2) is 23.0 Å². The Morgan fingerprint density at radius 1 is 1.20 bits per heavy atom. The van der Waals surface area contributed by atoms with E-state index in [4.69, 9.17) is 0 Å². The van der Waals surface area contributed by atoms with Crippen LogP contribution in [0.2, 0.25) is 0 Å². The number of nitrogens with zero attached hydrogens (tertiary/aromatic N) is 5. The monoisotopic (exact) mass is 432 g/mol. The van der Waals surface area contributed by atoms with Crippen LogP contribution in [-0.4, -0.2) is 64.7 Å². The summed E-state index contributed by atoms with van der Waals surface area (Å²) in [5, 5.41) is 16.1. The number of nitrogens with one attached hydrogen (secondary N) is 1. The standard InChI is InChI=1S/C20H28N6O3S/c1-15-5-6-20(27)26(24-15)10-9-25-8-3-2-4-17(25)13-21-19-12-16-14-30(28,29)11-7-18(16)22-23-19/h5-6,12,17H,2-4,7-11,13-14H2,1H3,(H,21,23). The molecule has 4 heterocycles. The van der Waals surface area contributed by atoms with Crippen molar-refractivity contribution in [3.8, 4) is 0 Å². The molecule has 1 unspecified atom stereocenters. The summed E-state index contributed by atoms with van der Waals surface area (Å²) in [7, 11) is -3.04. The fraction of sp³-hybridized carbons (Fsp3) is 0.600. The van der Waals surface area contributed by atoms with E-state index in [1.165, 1.54) is 11.1 Å². The maximum Gasteiger partial charge on any atom is 0.266 e. The van der Waals surface area contributed by atoms with Crippen molar-refractivity contribution in [2.75, 3.05) is 30.7 Å². The van der Waals surface area contributed by atoms with Gasteiger partial charge < -0.3 is 5.32 Å². The summed E-state index contributed by atoms with van der Waals surface area (Å²) >= 11 is 0. The average molecular weight is 433 g/mol. The molecule has 30 heavy (non-hydrogen) atoms. The van der Waals surface area contributed by atoms with E-state index in [-0.39, 0.29) is 17.1 Å². The normalized spacial score (nSPS) is 21.2. The molecule has 2 aromatic heterocycles. The third kappa shape index (κ3) is 5.04. The molecule has 0 saturated carbocycles. The molecule has 0 bridgehead atoms. The third-order valence-electron chi connectivity index (χ3n) is 5.85. The zero-order chi connectivity index (χ0) is 21.1. The smallest absolute Gasteiger partial charge is 0.266 e. The zero-order valence-corrected chi connectivity index (χ0v) is 18.1. The van der Waals surface area contributed by atoms with Gasteiger partial charge in [-0.3, -0.25) is 9.69 Å². The molecule has 4 rings (SSSR count). The molecular weight excluding hydrogens is 404 g/mol. The quantitative estimate of drug-likeness (QED) is 0.713. The van der Waals surface area contributed by atoms with Crippen molar-refractivity contribution in [2.45, 2.75) is 50.9 Å². The Balaban J connectivity index is 1.38. The fourth-order valence-corrected chi connectivity index (χ4v) is 5.55. The summed E-state index contributed by atoms with van der Waals surface area (Å²) in [4.78, 5) is 14.4. The van der Waals surface area contributed by atoms with Crippen LogP contribution < -0.4 is 10.9 Å². The molecule has 2 aliphatic rings. The predicted octanol–water partition coefficient (Wildman–Crippen LogP) is 0.779. The van der Waals surface area contributed by atoms with Crippen molar-refractivity contribution in [3.63, 3.8) is 0 Å². The van der Waals surface area contributed by atoms with Crippen LogP contribution >= 0.6 is 0 Å². The lowest BCUT2D eigenvalue weighted by molar-refractivity contribution is 0.148. The number of hydrogen-bond donors (Lipinski definition) is 1. The second-order valence-corrected chi connectivity index (χ2v) is 10.3. The first kappa shape index (κ1) is 20.9. The zero-order valence-electron chi connectivity index (χ0n) is 17.2. The van der Waals surface area contributed by atoms with E-state index in [2.05, 4.69) is 25.5 Å². The summed E-state index contributed by atoms with van der Waals surface area (Å²) in [5.74, 6) is 0.811. The van der Waals surface area contributed by atoms with Gasteiger partial charge in [-0.15, -0.1) is 5.10 Å². The number of likely N-dealkylation sites (tertiary alicyclic amines) is 1. The van der Waals surface area contributed by atoms with E-state index in [0.717, 1.165) is 42.9 Å². The second kappa shape index (κ2) is 8.81. The van der Waals surface area contributed by atoms with Gasteiger partial charge in [0.05, 0.1) is 29.4 Å². The highest BCUT2D eigenvalue weighted by Gasteiger charge is 2.25. The van der Waals surface area contributed by atoms with Gasteiger partial charge in [0.25, 0.3) is 5.56 Å². The molecule has 0 aromatic carbocycles. The molecule has 1 saturated heterocycles. The molecule has 0 spiro atoms. The van der Waals surface area contributed by atoms with Crippen LogP contribution in [-0.2, 0) is 28.6 Å². The van der Waals surface area contributed by atoms with E-state index >= 15 is 0 Å². The van der Waals surface area contributed by atoms with E-state index in [1.54, 1.807) is 12.1 Å². The molecule has 9 nitrogen and oxygen atoms in total. The van der Waals surface area contributed by atoms with Crippen molar-refractivity contribution in [1.29, 1.82) is 0 Å². The molecule has 2 aliphatic heterocycles. The summed E-state index contributed by atoms with van der Waals surface area (Å²) < 4.78 is 25.3. The van der Waals surface area contributed by atoms with Gasteiger partial charge in [-0.1, -0.05) is 6.42 Å². The second-order valence-electron chi connectivity index (χ2n) is 8.15. The van der Waals surface area contributed by atoms with Crippen molar-refractivity contribution in [3.05, 3.63) is 45.5 Å². The van der Waals surface area contributed by atoms with Crippen molar-refractivity contribution in [1.82, 2.24) is 24.9 Å². The van der Waals surface area contributed by atoms with Crippen LogP contribution in [0.4, 0.5) is 5.82 Å². The van der Waals surface area contributed by atoms with E-state index in [9.17, 15) is 13.2 Å². The predicted molar refractivity (Wildman–Crippen MR) is 114 cm³/mol. The third-order valence-corrected chi connectivity index (χ3v) is 7.43. The van der Waals surface area contributed by atoms with Crippen molar-refractivity contribution in [2.24, 2.45) is 0 Å². The van der Waals surface area contributed by atoms with Gasteiger partial charge in [0.1, 0.15) is 5.82 Å². The number of piperidine rings is 1. The summed E-state index contributed by atoms with van der Waals surface area (Å²) in [5.41, 5.74) is 2.29. The molecule has 0 aliphatic carbocycles. The highest BCUT2D eigenvalue weighted by molar-refractivity contribution is 7.90. The minimum Gasteiger partial charge on any atom is -0.367 e. The van der Waals surface area contributed by atoms with Crippen molar-refractivity contribution < 1.29 is 8.42 Å². The summed E-state index contributed by atoms with van der Waals surface area (Å²) in [6, 6.07) is 5.44. The van der Waals surface area contributed by atoms with Crippen LogP contribution in [0.25, 0.3) is 0 Å². The topological polar surface area (TPSA) is 110 Å². The maximum absolute atomic E-state index is 12.0. The van der Waals surface area contributed by atoms with Gasteiger partial charge in [-0.05, 0) is 44.0 Å². The molecule has 0 radical (unpaired) electrons. The highest BCUT2D eigenvalue weighted by Crippen LogP contribution is 2.21. The van der Waals surface area contributed by atoms with Gasteiger partial charge in [0.15, 0.2) is 9.84 Å².